The first-order chi connectivity index (χ1) is 9.94. The number of hydrogen-bond donors (Lipinski definition) is 2. The van der Waals surface area contributed by atoms with Crippen molar-refractivity contribution < 1.29 is 8.42 Å². The maximum Gasteiger partial charge on any atom is 0.266 e. The molecule has 21 heavy (non-hydrogen) atoms. The van der Waals surface area contributed by atoms with Gasteiger partial charge in [0, 0.05) is 17.1 Å². The highest BCUT2D eigenvalue weighted by Gasteiger charge is 2.23. The summed E-state index contributed by atoms with van der Waals surface area (Å²) in [4.78, 5) is -0.265. The summed E-state index contributed by atoms with van der Waals surface area (Å²) in [6.45, 7) is 0.168. The lowest BCUT2D eigenvalue weighted by atomic mass is 10.2. The minimum atomic E-state index is -4.00. The van der Waals surface area contributed by atoms with Crippen molar-refractivity contribution >= 4 is 49.9 Å². The highest BCUT2D eigenvalue weighted by molar-refractivity contribution is 7.93. The fourth-order valence-electron chi connectivity index (χ4n) is 1.38. The molecule has 3 N–H and O–H groups in total. The second-order valence-electron chi connectivity index (χ2n) is 3.55. The van der Waals surface area contributed by atoms with Crippen LogP contribution in [0.2, 0.25) is 10.0 Å². The zero-order valence-electron chi connectivity index (χ0n) is 10.2. The summed E-state index contributed by atoms with van der Waals surface area (Å²) in [5, 5.41) is 6.66. The summed E-state index contributed by atoms with van der Waals surface area (Å²) >= 11 is 12.8. The van der Waals surface area contributed by atoms with Gasteiger partial charge in [-0.05, 0) is 17.3 Å². The molecular weight excluding hydrogens is 357 g/mol. The Morgan fingerprint density at radius 1 is 1.33 bits per heavy atom. The van der Waals surface area contributed by atoms with E-state index in [-0.39, 0.29) is 26.6 Å². The summed E-state index contributed by atoms with van der Waals surface area (Å²) in [6.07, 6.45) is 0. The molecule has 0 spiro atoms. The zero-order valence-corrected chi connectivity index (χ0v) is 13.3. The molecule has 0 saturated carbocycles. The molecule has 0 aliphatic carbocycles. The van der Waals surface area contributed by atoms with Crippen molar-refractivity contribution in [3.8, 4) is 11.8 Å². The van der Waals surface area contributed by atoms with Crippen molar-refractivity contribution in [2.45, 2.75) is 4.90 Å². The molecule has 0 fully saturated rings. The number of anilines is 1. The first-order valence-corrected chi connectivity index (χ1v) is 8.31. The van der Waals surface area contributed by atoms with Crippen LogP contribution in [-0.4, -0.2) is 29.8 Å². The van der Waals surface area contributed by atoms with E-state index >= 15 is 0 Å². The lowest BCUT2D eigenvalue weighted by molar-refractivity contribution is 0.601. The number of nitrogens with zero attached hydrogens (tertiary/aromatic N) is 3. The van der Waals surface area contributed by atoms with Crippen LogP contribution >= 0.6 is 34.7 Å². The second kappa shape index (κ2) is 6.55. The Labute approximate surface area is 134 Å². The summed E-state index contributed by atoms with van der Waals surface area (Å²) in [5.41, 5.74) is 5.73. The van der Waals surface area contributed by atoms with E-state index in [1.54, 1.807) is 0 Å². The van der Waals surface area contributed by atoms with Crippen LogP contribution < -0.4 is 10.5 Å². The van der Waals surface area contributed by atoms with Gasteiger partial charge in [-0.3, -0.25) is 4.72 Å². The Balaban J connectivity index is 2.44. The second-order valence-corrected chi connectivity index (χ2v) is 6.71. The molecule has 0 aliphatic rings. The summed E-state index contributed by atoms with van der Waals surface area (Å²) in [6, 6.07) is 2.78. The van der Waals surface area contributed by atoms with Crippen molar-refractivity contribution in [2.75, 3.05) is 11.3 Å². The van der Waals surface area contributed by atoms with Crippen LogP contribution in [0.15, 0.2) is 17.0 Å². The minimum Gasteiger partial charge on any atom is -0.320 e. The Kier molecular flexibility index (Phi) is 4.97. The van der Waals surface area contributed by atoms with Gasteiger partial charge in [-0.15, -0.1) is 0 Å². The van der Waals surface area contributed by atoms with Gasteiger partial charge in [-0.1, -0.05) is 44.6 Å². The average Bonchev–Trinajstić information content (AvgIpc) is 2.87. The number of benzene rings is 1. The minimum absolute atomic E-state index is 0.00846. The molecule has 7 nitrogen and oxygen atoms in total. The fourth-order valence-corrected chi connectivity index (χ4v) is 4.18. The van der Waals surface area contributed by atoms with E-state index < -0.39 is 10.0 Å². The van der Waals surface area contributed by atoms with Crippen LogP contribution in [0.5, 0.6) is 0 Å². The third-order valence-electron chi connectivity index (χ3n) is 2.12. The van der Waals surface area contributed by atoms with Gasteiger partial charge in [0.25, 0.3) is 10.0 Å². The zero-order chi connectivity index (χ0) is 15.5. The molecule has 2 rings (SSSR count). The standard InChI is InChI=1S/C10H7Cl2N5O2S2/c11-7-4-6(2-1-3-13)5-8(12)9(7)21(18,19)15-10-14-16-17-20-10/h4-5H,3,13H2,(H,14,15,17). The Morgan fingerprint density at radius 2 is 2.00 bits per heavy atom. The summed E-state index contributed by atoms with van der Waals surface area (Å²) in [7, 11) is -4.00. The highest BCUT2D eigenvalue weighted by atomic mass is 35.5. The lowest BCUT2D eigenvalue weighted by Crippen LogP contribution is -2.14. The Bertz CT molecular complexity index is 789. The third kappa shape index (κ3) is 3.81. The molecule has 0 aliphatic heterocycles. The Hall–Kier alpha value is -1.44. The van der Waals surface area contributed by atoms with Gasteiger partial charge in [-0.2, -0.15) is 0 Å². The number of sulfonamides is 1. The van der Waals surface area contributed by atoms with E-state index in [1.807, 2.05) is 0 Å². The van der Waals surface area contributed by atoms with Gasteiger partial charge in [0.05, 0.1) is 16.6 Å². The molecule has 1 heterocycles. The van der Waals surface area contributed by atoms with Gasteiger partial charge in [-0.25, -0.2) is 8.42 Å². The average molecular weight is 364 g/mol. The Morgan fingerprint density at radius 3 is 2.52 bits per heavy atom. The van der Waals surface area contributed by atoms with Crippen molar-refractivity contribution in [1.29, 1.82) is 0 Å². The molecule has 2 aromatic rings. The molecule has 0 amide bonds. The predicted octanol–water partition coefficient (Wildman–Crippen LogP) is 1.35. The van der Waals surface area contributed by atoms with Crippen LogP contribution in [0.3, 0.4) is 0 Å². The first-order valence-electron chi connectivity index (χ1n) is 5.30. The monoisotopic (exact) mass is 363 g/mol. The fraction of sp³-hybridized carbons (Fsp3) is 0.100. The van der Waals surface area contributed by atoms with Crippen LogP contribution in [0.1, 0.15) is 5.56 Å². The van der Waals surface area contributed by atoms with Gasteiger partial charge in [0.1, 0.15) is 4.90 Å². The number of rotatable bonds is 3. The van der Waals surface area contributed by atoms with Crippen LogP contribution in [0.4, 0.5) is 5.13 Å². The largest absolute Gasteiger partial charge is 0.320 e. The van der Waals surface area contributed by atoms with Gasteiger partial charge < -0.3 is 5.73 Å². The van der Waals surface area contributed by atoms with Gasteiger partial charge in [0.15, 0.2) is 0 Å². The maximum absolute atomic E-state index is 12.2. The molecule has 1 aromatic carbocycles. The molecule has 0 atom stereocenters. The van der Waals surface area contributed by atoms with Crippen molar-refractivity contribution in [3.05, 3.63) is 27.7 Å². The third-order valence-corrected chi connectivity index (χ3v) is 5.02. The molecular formula is C10H7Cl2N5O2S2. The van der Waals surface area contributed by atoms with E-state index in [9.17, 15) is 8.42 Å². The van der Waals surface area contributed by atoms with E-state index in [1.165, 1.54) is 12.1 Å². The number of halogens is 2. The van der Waals surface area contributed by atoms with Crippen LogP contribution in [0, 0.1) is 11.8 Å². The van der Waals surface area contributed by atoms with E-state index in [0.29, 0.717) is 5.56 Å². The van der Waals surface area contributed by atoms with Crippen molar-refractivity contribution in [1.82, 2.24) is 14.8 Å². The number of nitrogens with two attached hydrogens (primary N) is 1. The van der Waals surface area contributed by atoms with Crippen LogP contribution in [0.25, 0.3) is 0 Å². The number of aromatic nitrogens is 3. The molecule has 11 heteroatoms. The quantitative estimate of drug-likeness (QED) is 0.796. The first kappa shape index (κ1) is 15.9. The topological polar surface area (TPSA) is 111 Å². The smallest absolute Gasteiger partial charge is 0.266 e. The molecule has 0 saturated heterocycles. The predicted molar refractivity (Wildman–Crippen MR) is 80.9 cm³/mol. The molecule has 110 valence electrons. The van der Waals surface area contributed by atoms with Gasteiger partial charge in [0.2, 0.25) is 5.13 Å². The molecule has 1 aromatic heterocycles. The van der Waals surface area contributed by atoms with E-state index in [4.69, 9.17) is 28.9 Å². The molecule has 0 bridgehead atoms. The van der Waals surface area contributed by atoms with Crippen molar-refractivity contribution in [3.63, 3.8) is 0 Å². The molecule has 0 unspecified atom stereocenters. The van der Waals surface area contributed by atoms with E-state index in [0.717, 1.165) is 11.5 Å². The summed E-state index contributed by atoms with van der Waals surface area (Å²) < 4.78 is 30.1. The summed E-state index contributed by atoms with van der Waals surface area (Å²) in [5.74, 6) is 5.34. The normalized spacial score (nSPS) is 10.8. The van der Waals surface area contributed by atoms with E-state index in [2.05, 4.69) is 31.4 Å². The van der Waals surface area contributed by atoms with Crippen molar-refractivity contribution in [2.24, 2.45) is 5.73 Å². The molecule has 0 radical (unpaired) electrons. The highest BCUT2D eigenvalue weighted by Crippen LogP contribution is 2.32. The van der Waals surface area contributed by atoms with Gasteiger partial charge >= 0.3 is 0 Å². The SMILES string of the molecule is NCC#Cc1cc(Cl)c(S(=O)(=O)Nc2nnns2)c(Cl)c1. The maximum atomic E-state index is 12.2. The number of hydrogen-bond acceptors (Lipinski definition) is 7. The lowest BCUT2D eigenvalue weighted by Gasteiger charge is -2.09. The number of nitrogens with one attached hydrogen (secondary N) is 1. The van der Waals surface area contributed by atoms with Crippen LogP contribution in [-0.2, 0) is 10.0 Å².